The van der Waals surface area contributed by atoms with Gasteiger partial charge >= 0.3 is 12.1 Å². The minimum absolute atomic E-state index is 0.00694. The highest BCUT2D eigenvalue weighted by Gasteiger charge is 2.56. The molecule has 0 radical (unpaired) electrons. The number of benzene rings is 1. The third-order valence-corrected chi connectivity index (χ3v) is 6.13. The standard InChI is InChI=1S/C24H25ClN4O6.CO2/c1-3-8-15-18-20(28-23(25)27-15)29(13-26-18)21-19(30)24(33,4-2)17(35-21)12-34-16(22(31)32)11-14-9-6-5-7-10-14;2-1-3/h2,5-7,9-10,13,16-17,19,21,30,33H,3,8,11-12H2,1H3,(H,31,32);/t16?,17-,19+,21-,24-;/m1./s1. The smallest absolute Gasteiger partial charge is 0.373 e. The molecule has 1 aliphatic rings. The number of carbonyl (C=O) groups excluding carboxylic acids is 2. The van der Waals surface area contributed by atoms with Crippen LogP contribution in [0, 0.1) is 12.3 Å². The number of rotatable bonds is 9. The van der Waals surface area contributed by atoms with Crippen LogP contribution in [0.5, 0.6) is 0 Å². The monoisotopic (exact) mass is 544 g/mol. The minimum Gasteiger partial charge on any atom is -0.479 e. The number of carbonyl (C=O) groups is 1. The van der Waals surface area contributed by atoms with Gasteiger partial charge in [-0.2, -0.15) is 14.6 Å². The van der Waals surface area contributed by atoms with Gasteiger partial charge in [0.1, 0.15) is 17.7 Å². The Morgan fingerprint density at radius 1 is 1.32 bits per heavy atom. The number of carboxylic acid groups (broad SMARTS) is 1. The molecular weight excluding hydrogens is 520 g/mol. The third kappa shape index (κ3) is 6.06. The Morgan fingerprint density at radius 2 is 2.00 bits per heavy atom. The molecule has 38 heavy (non-hydrogen) atoms. The van der Waals surface area contributed by atoms with Crippen LogP contribution in [0.1, 0.15) is 30.8 Å². The van der Waals surface area contributed by atoms with Crippen molar-refractivity contribution in [2.24, 2.45) is 0 Å². The van der Waals surface area contributed by atoms with Crippen molar-refractivity contribution in [1.82, 2.24) is 19.5 Å². The number of hydrogen-bond acceptors (Lipinski definition) is 10. The van der Waals surface area contributed by atoms with Gasteiger partial charge in [-0.3, -0.25) is 4.57 Å². The summed E-state index contributed by atoms with van der Waals surface area (Å²) in [6.45, 7) is 1.62. The van der Waals surface area contributed by atoms with Crippen LogP contribution in [-0.2, 0) is 36.7 Å². The molecule has 0 spiro atoms. The molecule has 1 saturated heterocycles. The Balaban J connectivity index is 0.00000127. The van der Waals surface area contributed by atoms with E-state index >= 15 is 0 Å². The highest BCUT2D eigenvalue weighted by molar-refractivity contribution is 6.28. The number of halogens is 1. The van der Waals surface area contributed by atoms with Crippen molar-refractivity contribution in [1.29, 1.82) is 0 Å². The van der Waals surface area contributed by atoms with Crippen molar-refractivity contribution in [3.63, 3.8) is 0 Å². The third-order valence-electron chi connectivity index (χ3n) is 5.96. The molecule has 3 heterocycles. The molecule has 200 valence electrons. The molecule has 3 aromatic rings. The molecule has 3 N–H and O–H groups in total. The Hall–Kier alpha value is -3.69. The number of ether oxygens (including phenoxy) is 2. The van der Waals surface area contributed by atoms with E-state index in [0.29, 0.717) is 23.3 Å². The average molecular weight is 545 g/mol. The lowest BCUT2D eigenvalue weighted by Crippen LogP contribution is -2.48. The van der Waals surface area contributed by atoms with E-state index in [-0.39, 0.29) is 24.5 Å². The second kappa shape index (κ2) is 12.7. The van der Waals surface area contributed by atoms with Crippen LogP contribution in [0.2, 0.25) is 5.28 Å². The zero-order chi connectivity index (χ0) is 27.9. The minimum atomic E-state index is -2.15. The maximum Gasteiger partial charge on any atom is 0.373 e. The second-order valence-electron chi connectivity index (χ2n) is 8.38. The van der Waals surface area contributed by atoms with E-state index in [1.807, 2.05) is 13.0 Å². The van der Waals surface area contributed by atoms with Gasteiger partial charge in [-0.25, -0.2) is 14.8 Å². The van der Waals surface area contributed by atoms with Crippen LogP contribution < -0.4 is 0 Å². The van der Waals surface area contributed by atoms with Crippen molar-refractivity contribution in [3.05, 3.63) is 53.2 Å². The van der Waals surface area contributed by atoms with E-state index in [1.54, 1.807) is 24.3 Å². The Labute approximate surface area is 222 Å². The van der Waals surface area contributed by atoms with E-state index in [0.717, 1.165) is 12.0 Å². The first-order valence-electron chi connectivity index (χ1n) is 11.5. The molecule has 1 aliphatic heterocycles. The molecule has 0 bridgehead atoms. The molecule has 2 aromatic heterocycles. The summed E-state index contributed by atoms with van der Waals surface area (Å²) < 4.78 is 12.9. The number of fused-ring (bicyclic) bond motifs is 1. The van der Waals surface area contributed by atoms with Crippen LogP contribution >= 0.6 is 11.6 Å². The summed E-state index contributed by atoms with van der Waals surface area (Å²) >= 11 is 6.10. The largest absolute Gasteiger partial charge is 0.479 e. The van der Waals surface area contributed by atoms with E-state index in [9.17, 15) is 20.1 Å². The summed E-state index contributed by atoms with van der Waals surface area (Å²) in [7, 11) is 0. The van der Waals surface area contributed by atoms with Gasteiger partial charge in [-0.05, 0) is 23.6 Å². The lowest BCUT2D eigenvalue weighted by Gasteiger charge is -2.26. The summed E-state index contributed by atoms with van der Waals surface area (Å²) in [5.74, 6) is 1.01. The van der Waals surface area contributed by atoms with Gasteiger partial charge in [-0.15, -0.1) is 6.42 Å². The second-order valence-corrected chi connectivity index (χ2v) is 8.71. The number of aryl methyl sites for hydroxylation is 1. The highest BCUT2D eigenvalue weighted by atomic mass is 35.5. The molecule has 0 saturated carbocycles. The van der Waals surface area contributed by atoms with Crippen molar-refractivity contribution in [2.45, 2.75) is 56.3 Å². The highest BCUT2D eigenvalue weighted by Crippen LogP contribution is 2.38. The fourth-order valence-corrected chi connectivity index (χ4v) is 4.29. The predicted molar refractivity (Wildman–Crippen MR) is 131 cm³/mol. The van der Waals surface area contributed by atoms with E-state index in [2.05, 4.69) is 20.9 Å². The van der Waals surface area contributed by atoms with Crippen LogP contribution in [0.15, 0.2) is 36.7 Å². The summed E-state index contributed by atoms with van der Waals surface area (Å²) in [6.07, 6.45) is 3.55. The number of carboxylic acids is 1. The molecule has 12 nitrogen and oxygen atoms in total. The van der Waals surface area contributed by atoms with Gasteiger partial charge in [0.15, 0.2) is 23.6 Å². The molecule has 1 aromatic carbocycles. The molecule has 0 aliphatic carbocycles. The summed E-state index contributed by atoms with van der Waals surface area (Å²) in [5.41, 5.74) is 0.0589. The first-order valence-corrected chi connectivity index (χ1v) is 11.9. The van der Waals surface area contributed by atoms with Crippen molar-refractivity contribution < 1.29 is 39.2 Å². The van der Waals surface area contributed by atoms with Gasteiger partial charge in [0, 0.05) is 6.42 Å². The number of imidazole rings is 1. The first-order chi connectivity index (χ1) is 18.2. The summed E-state index contributed by atoms with van der Waals surface area (Å²) in [4.78, 5) is 40.8. The number of nitrogens with zero attached hydrogens (tertiary/aromatic N) is 4. The zero-order valence-electron chi connectivity index (χ0n) is 20.2. The predicted octanol–water partition coefficient (Wildman–Crippen LogP) is 1.18. The number of terminal acetylenes is 1. The van der Waals surface area contributed by atoms with Crippen LogP contribution in [0.3, 0.4) is 0 Å². The Bertz CT molecular complexity index is 1340. The molecule has 1 unspecified atom stereocenters. The number of aromatic nitrogens is 4. The van der Waals surface area contributed by atoms with Gasteiger partial charge in [-0.1, -0.05) is 49.6 Å². The van der Waals surface area contributed by atoms with Gasteiger partial charge < -0.3 is 24.8 Å². The van der Waals surface area contributed by atoms with E-state index in [1.165, 1.54) is 10.9 Å². The molecule has 1 fully saturated rings. The fourth-order valence-electron chi connectivity index (χ4n) is 4.11. The van der Waals surface area contributed by atoms with E-state index in [4.69, 9.17) is 37.1 Å². The lowest BCUT2D eigenvalue weighted by atomic mass is 9.93. The Kier molecular flexibility index (Phi) is 9.66. The lowest BCUT2D eigenvalue weighted by molar-refractivity contribution is -0.191. The molecule has 4 rings (SSSR count). The van der Waals surface area contributed by atoms with Gasteiger partial charge in [0.25, 0.3) is 0 Å². The number of hydrogen-bond donors (Lipinski definition) is 3. The topological polar surface area (TPSA) is 174 Å². The fraction of sp³-hybridized carbons (Fsp3) is 0.400. The van der Waals surface area contributed by atoms with E-state index < -0.39 is 36.1 Å². The molecule has 13 heteroatoms. The number of aliphatic carboxylic acids is 1. The molecular formula is C25H25ClN4O8. The maximum atomic E-state index is 11.8. The number of aliphatic hydroxyl groups excluding tert-OH is 1. The molecule has 5 atom stereocenters. The van der Waals surface area contributed by atoms with Crippen molar-refractivity contribution in [3.8, 4) is 12.3 Å². The molecule has 0 amide bonds. The summed E-state index contributed by atoms with van der Waals surface area (Å²) in [6, 6.07) is 8.98. The Morgan fingerprint density at radius 3 is 2.61 bits per heavy atom. The van der Waals surface area contributed by atoms with Crippen molar-refractivity contribution >= 4 is 34.9 Å². The quantitative estimate of drug-likeness (QED) is 0.260. The van der Waals surface area contributed by atoms with Crippen LogP contribution in [0.4, 0.5) is 0 Å². The summed E-state index contributed by atoms with van der Waals surface area (Å²) in [5, 5.41) is 31.6. The van der Waals surface area contributed by atoms with Crippen LogP contribution in [0.25, 0.3) is 11.2 Å². The first kappa shape index (κ1) is 28.9. The normalized spacial score (nSPS) is 23.2. The average Bonchev–Trinajstić information content (AvgIpc) is 3.42. The van der Waals surface area contributed by atoms with Gasteiger partial charge in [0.05, 0.1) is 18.6 Å². The maximum absolute atomic E-state index is 11.8. The van der Waals surface area contributed by atoms with Crippen LogP contribution in [-0.4, -0.2) is 77.5 Å². The zero-order valence-corrected chi connectivity index (χ0v) is 21.0. The van der Waals surface area contributed by atoms with Crippen molar-refractivity contribution in [2.75, 3.05) is 6.61 Å². The SMILES string of the molecule is C#C[C@@]1(O)[C@@H](COC(Cc2ccccc2)C(=O)O)O[C@@H](n2cnc3c(CCC)nc(Cl)nc32)[C@@H]1O.O=C=O. The van der Waals surface area contributed by atoms with Gasteiger partial charge in [0.2, 0.25) is 5.28 Å². The number of aliphatic hydroxyl groups is 2.